The number of carboxylic acids is 1. The van der Waals surface area contributed by atoms with Crippen molar-refractivity contribution in [2.75, 3.05) is 0 Å². The fourth-order valence-electron chi connectivity index (χ4n) is 2.38. The van der Waals surface area contributed by atoms with Gasteiger partial charge in [0.15, 0.2) is 0 Å². The highest BCUT2D eigenvalue weighted by Crippen LogP contribution is 2.39. The van der Waals surface area contributed by atoms with Crippen molar-refractivity contribution in [3.05, 3.63) is 12.2 Å². The summed E-state index contributed by atoms with van der Waals surface area (Å²) < 4.78 is 0. The van der Waals surface area contributed by atoms with Crippen molar-refractivity contribution in [1.29, 1.82) is 0 Å². The van der Waals surface area contributed by atoms with Gasteiger partial charge in [-0.05, 0) is 24.7 Å². The van der Waals surface area contributed by atoms with Gasteiger partial charge in [-0.3, -0.25) is 4.79 Å². The lowest BCUT2D eigenvalue weighted by Crippen LogP contribution is -2.50. The molecule has 0 aromatic heterocycles. The lowest BCUT2D eigenvalue weighted by atomic mass is 9.66. The fourth-order valence-corrected chi connectivity index (χ4v) is 2.38. The molecule has 3 aliphatic carbocycles. The second kappa shape index (κ2) is 2.59. The molecule has 66 valence electrons. The van der Waals surface area contributed by atoms with Crippen molar-refractivity contribution < 1.29 is 9.90 Å². The van der Waals surface area contributed by atoms with Gasteiger partial charge in [0.2, 0.25) is 0 Å². The van der Waals surface area contributed by atoms with E-state index in [2.05, 4.69) is 6.08 Å². The predicted molar refractivity (Wildman–Crippen MR) is 44.5 cm³/mol. The van der Waals surface area contributed by atoms with E-state index < -0.39 is 5.97 Å². The maximum Gasteiger partial charge on any atom is 0.308 e. The van der Waals surface area contributed by atoms with Gasteiger partial charge in [0.25, 0.3) is 0 Å². The van der Waals surface area contributed by atoms with Crippen LogP contribution in [0, 0.1) is 17.8 Å². The summed E-state index contributed by atoms with van der Waals surface area (Å²) in [4.78, 5) is 10.8. The van der Waals surface area contributed by atoms with Gasteiger partial charge in [-0.1, -0.05) is 12.2 Å². The summed E-state index contributed by atoms with van der Waals surface area (Å²) >= 11 is 0. The minimum absolute atomic E-state index is 0.161. The molecule has 1 saturated carbocycles. The Morgan fingerprint density at radius 2 is 1.92 bits per heavy atom. The summed E-state index contributed by atoms with van der Waals surface area (Å²) in [6.07, 6.45) is 6.16. The van der Waals surface area contributed by atoms with Gasteiger partial charge >= 0.3 is 5.97 Å². The van der Waals surface area contributed by atoms with Crippen LogP contribution in [0.2, 0.25) is 0 Å². The second-order valence-corrected chi connectivity index (χ2v) is 3.73. The Balaban J connectivity index is 2.26. The monoisotopic (exact) mass is 167 g/mol. The zero-order chi connectivity index (χ0) is 8.72. The molecular weight excluding hydrogens is 154 g/mol. The SMILES string of the molecule is N[C@@H]1[C@H](C(=O)O)[C@H]2C=C[C@@H]1CC2. The number of carboxylic acid groups (broad SMARTS) is 1. The summed E-state index contributed by atoms with van der Waals surface area (Å²) in [5, 5.41) is 8.92. The van der Waals surface area contributed by atoms with Gasteiger partial charge < -0.3 is 10.8 Å². The molecule has 3 aliphatic rings. The van der Waals surface area contributed by atoms with Crippen LogP contribution in [0.5, 0.6) is 0 Å². The summed E-state index contributed by atoms with van der Waals surface area (Å²) in [6, 6.07) is -0.161. The summed E-state index contributed by atoms with van der Waals surface area (Å²) in [6.45, 7) is 0. The van der Waals surface area contributed by atoms with E-state index in [1.54, 1.807) is 0 Å². The van der Waals surface area contributed by atoms with E-state index in [1.165, 1.54) is 0 Å². The third kappa shape index (κ3) is 0.966. The molecule has 3 heteroatoms. The highest BCUT2D eigenvalue weighted by atomic mass is 16.4. The molecule has 0 aromatic rings. The molecule has 0 aromatic carbocycles. The van der Waals surface area contributed by atoms with E-state index in [9.17, 15) is 4.79 Å². The first-order valence-corrected chi connectivity index (χ1v) is 4.37. The molecule has 1 fully saturated rings. The van der Waals surface area contributed by atoms with Crippen LogP contribution in [0.4, 0.5) is 0 Å². The van der Waals surface area contributed by atoms with E-state index >= 15 is 0 Å². The third-order valence-corrected chi connectivity index (χ3v) is 3.09. The molecule has 0 spiro atoms. The molecule has 0 unspecified atom stereocenters. The first-order valence-electron chi connectivity index (χ1n) is 4.37. The molecule has 0 radical (unpaired) electrons. The Labute approximate surface area is 71.3 Å². The van der Waals surface area contributed by atoms with Crippen molar-refractivity contribution in [2.24, 2.45) is 23.5 Å². The number of nitrogens with two attached hydrogens (primary N) is 1. The van der Waals surface area contributed by atoms with Crippen molar-refractivity contribution in [3.8, 4) is 0 Å². The highest BCUT2D eigenvalue weighted by molar-refractivity contribution is 5.72. The highest BCUT2D eigenvalue weighted by Gasteiger charge is 2.42. The second-order valence-electron chi connectivity index (χ2n) is 3.73. The van der Waals surface area contributed by atoms with Crippen LogP contribution in [0.15, 0.2) is 12.2 Å². The smallest absolute Gasteiger partial charge is 0.308 e. The zero-order valence-electron chi connectivity index (χ0n) is 6.81. The Bertz CT molecular complexity index is 237. The molecule has 3 nitrogen and oxygen atoms in total. The Morgan fingerprint density at radius 1 is 1.33 bits per heavy atom. The molecule has 0 aliphatic heterocycles. The average Bonchev–Trinajstić information content (AvgIpc) is 2.05. The van der Waals surface area contributed by atoms with Crippen LogP contribution in [0.3, 0.4) is 0 Å². The minimum atomic E-state index is -0.735. The molecule has 0 heterocycles. The van der Waals surface area contributed by atoms with E-state index in [0.717, 1.165) is 12.8 Å². The predicted octanol–water partition coefficient (Wildman–Crippen LogP) is 0.610. The average molecular weight is 167 g/mol. The van der Waals surface area contributed by atoms with E-state index in [0.29, 0.717) is 5.92 Å². The number of allylic oxidation sites excluding steroid dienone is 1. The topological polar surface area (TPSA) is 63.3 Å². The molecule has 3 rings (SSSR count). The van der Waals surface area contributed by atoms with Crippen LogP contribution in [0.25, 0.3) is 0 Å². The van der Waals surface area contributed by atoms with E-state index in [1.807, 2.05) is 6.08 Å². The van der Waals surface area contributed by atoms with Gasteiger partial charge in [-0.25, -0.2) is 0 Å². The quantitative estimate of drug-likeness (QED) is 0.562. The molecule has 12 heavy (non-hydrogen) atoms. The summed E-state index contributed by atoms with van der Waals surface area (Å²) in [5.74, 6) is -0.589. The van der Waals surface area contributed by atoms with Crippen molar-refractivity contribution in [2.45, 2.75) is 18.9 Å². The molecule has 4 atom stereocenters. The van der Waals surface area contributed by atoms with Crippen LogP contribution in [0.1, 0.15) is 12.8 Å². The normalized spacial score (nSPS) is 44.8. The Hall–Kier alpha value is -0.830. The van der Waals surface area contributed by atoms with Crippen molar-refractivity contribution in [1.82, 2.24) is 0 Å². The number of fused-ring (bicyclic) bond motifs is 2. The number of hydrogen-bond acceptors (Lipinski definition) is 2. The molecular formula is C9H13NO2. The van der Waals surface area contributed by atoms with Gasteiger partial charge in [0.05, 0.1) is 5.92 Å². The van der Waals surface area contributed by atoms with Crippen LogP contribution < -0.4 is 5.73 Å². The largest absolute Gasteiger partial charge is 0.481 e. The van der Waals surface area contributed by atoms with Gasteiger partial charge in [-0.15, -0.1) is 0 Å². The summed E-state index contributed by atoms with van der Waals surface area (Å²) in [5.41, 5.74) is 5.83. The van der Waals surface area contributed by atoms with Crippen LogP contribution >= 0.6 is 0 Å². The fraction of sp³-hybridized carbons (Fsp3) is 0.667. The molecule has 0 saturated heterocycles. The third-order valence-electron chi connectivity index (χ3n) is 3.09. The number of hydrogen-bond donors (Lipinski definition) is 2. The van der Waals surface area contributed by atoms with Crippen molar-refractivity contribution >= 4 is 5.97 Å². The Kier molecular flexibility index (Phi) is 1.68. The number of aliphatic carboxylic acids is 1. The standard InChI is InChI=1S/C9H13NO2/c10-8-6-3-1-5(2-4-6)7(8)9(11)12/h1,3,5-8H,2,4,10H2,(H,11,12)/t5-,6+,7+,8-/m0/s1. The Morgan fingerprint density at radius 3 is 2.25 bits per heavy atom. The van der Waals surface area contributed by atoms with E-state index in [4.69, 9.17) is 10.8 Å². The first kappa shape index (κ1) is 7.80. The first-order chi connectivity index (χ1) is 5.70. The van der Waals surface area contributed by atoms with Crippen LogP contribution in [-0.4, -0.2) is 17.1 Å². The zero-order valence-corrected chi connectivity index (χ0v) is 6.81. The lowest BCUT2D eigenvalue weighted by molar-refractivity contribution is -0.145. The molecule has 0 amide bonds. The van der Waals surface area contributed by atoms with Gasteiger partial charge in [-0.2, -0.15) is 0 Å². The maximum absolute atomic E-state index is 10.8. The van der Waals surface area contributed by atoms with Gasteiger partial charge in [0, 0.05) is 6.04 Å². The lowest BCUT2D eigenvalue weighted by Gasteiger charge is -2.40. The molecule has 3 N–H and O–H groups in total. The van der Waals surface area contributed by atoms with Crippen molar-refractivity contribution in [3.63, 3.8) is 0 Å². The van der Waals surface area contributed by atoms with Crippen LogP contribution in [-0.2, 0) is 4.79 Å². The minimum Gasteiger partial charge on any atom is -0.481 e. The molecule has 2 bridgehead atoms. The maximum atomic E-state index is 10.8. The number of rotatable bonds is 1. The van der Waals surface area contributed by atoms with E-state index in [-0.39, 0.29) is 17.9 Å². The van der Waals surface area contributed by atoms with Gasteiger partial charge in [0.1, 0.15) is 0 Å². The number of carbonyl (C=O) groups is 1. The summed E-state index contributed by atoms with van der Waals surface area (Å²) in [7, 11) is 0.